The summed E-state index contributed by atoms with van der Waals surface area (Å²) in [7, 11) is 0. The SMILES string of the molecule is O=C(c1cccc2cccnc12)C1CC2CCC1C2. The molecule has 96 valence electrons. The lowest BCUT2D eigenvalue weighted by Crippen LogP contribution is -2.21. The number of para-hydroxylation sites is 1. The first-order valence-corrected chi connectivity index (χ1v) is 7.21. The summed E-state index contributed by atoms with van der Waals surface area (Å²) < 4.78 is 0. The van der Waals surface area contributed by atoms with E-state index in [0.717, 1.165) is 28.8 Å². The topological polar surface area (TPSA) is 30.0 Å². The molecule has 2 bridgehead atoms. The van der Waals surface area contributed by atoms with Crippen LogP contribution in [0.1, 0.15) is 36.0 Å². The largest absolute Gasteiger partial charge is 0.294 e. The van der Waals surface area contributed by atoms with E-state index >= 15 is 0 Å². The Morgan fingerprint density at radius 1 is 1.11 bits per heavy atom. The summed E-state index contributed by atoms with van der Waals surface area (Å²) in [6, 6.07) is 9.90. The maximum Gasteiger partial charge on any atom is 0.168 e. The fraction of sp³-hybridized carbons (Fsp3) is 0.412. The molecule has 2 aliphatic rings. The molecule has 4 rings (SSSR count). The molecule has 2 aliphatic carbocycles. The minimum atomic E-state index is 0.256. The van der Waals surface area contributed by atoms with Gasteiger partial charge in [0.1, 0.15) is 0 Å². The molecule has 0 spiro atoms. The predicted molar refractivity (Wildman–Crippen MR) is 75.0 cm³/mol. The van der Waals surface area contributed by atoms with E-state index in [0.29, 0.717) is 11.7 Å². The van der Waals surface area contributed by atoms with Gasteiger partial charge in [-0.05, 0) is 43.2 Å². The highest BCUT2D eigenvalue weighted by atomic mass is 16.1. The zero-order valence-corrected chi connectivity index (χ0v) is 10.9. The van der Waals surface area contributed by atoms with Gasteiger partial charge in [-0.1, -0.05) is 24.6 Å². The Morgan fingerprint density at radius 2 is 2.00 bits per heavy atom. The first kappa shape index (κ1) is 11.2. The number of pyridine rings is 1. The Kier molecular flexibility index (Phi) is 2.44. The fourth-order valence-electron chi connectivity index (χ4n) is 4.07. The molecule has 0 amide bonds. The number of rotatable bonds is 2. The Labute approximate surface area is 112 Å². The second-order valence-corrected chi connectivity index (χ2v) is 6.03. The molecule has 2 fully saturated rings. The van der Waals surface area contributed by atoms with E-state index in [1.807, 2.05) is 30.3 Å². The van der Waals surface area contributed by atoms with Crippen LogP contribution in [0.15, 0.2) is 36.5 Å². The van der Waals surface area contributed by atoms with E-state index < -0.39 is 0 Å². The first-order chi connectivity index (χ1) is 9.33. The molecule has 3 unspecified atom stereocenters. The monoisotopic (exact) mass is 251 g/mol. The number of aromatic nitrogens is 1. The highest BCUT2D eigenvalue weighted by Gasteiger charge is 2.43. The zero-order valence-electron chi connectivity index (χ0n) is 10.9. The Bertz CT molecular complexity index is 643. The van der Waals surface area contributed by atoms with Crippen LogP contribution >= 0.6 is 0 Å². The summed E-state index contributed by atoms with van der Waals surface area (Å²) >= 11 is 0. The average Bonchev–Trinajstić information content (AvgIpc) is 3.08. The van der Waals surface area contributed by atoms with Gasteiger partial charge in [0.2, 0.25) is 0 Å². The number of Topliss-reactive ketones (excluding diaryl/α,β-unsaturated/α-hetero) is 1. The number of nitrogens with zero attached hydrogens (tertiary/aromatic N) is 1. The van der Waals surface area contributed by atoms with E-state index in [1.165, 1.54) is 19.3 Å². The van der Waals surface area contributed by atoms with Gasteiger partial charge < -0.3 is 0 Å². The third kappa shape index (κ3) is 1.70. The second-order valence-electron chi connectivity index (χ2n) is 6.03. The van der Waals surface area contributed by atoms with Crippen LogP contribution in [0.4, 0.5) is 0 Å². The molecule has 1 heterocycles. The molecule has 0 radical (unpaired) electrons. The smallest absolute Gasteiger partial charge is 0.168 e. The molecular weight excluding hydrogens is 234 g/mol. The highest BCUT2D eigenvalue weighted by Crippen LogP contribution is 2.49. The average molecular weight is 251 g/mol. The van der Waals surface area contributed by atoms with Crippen LogP contribution in [0.5, 0.6) is 0 Å². The van der Waals surface area contributed by atoms with Gasteiger partial charge in [0.15, 0.2) is 5.78 Å². The van der Waals surface area contributed by atoms with Crippen molar-refractivity contribution in [2.24, 2.45) is 17.8 Å². The Hall–Kier alpha value is -1.70. The van der Waals surface area contributed by atoms with Gasteiger partial charge in [-0.25, -0.2) is 0 Å². The molecule has 2 saturated carbocycles. The normalized spacial score (nSPS) is 28.9. The van der Waals surface area contributed by atoms with E-state index in [2.05, 4.69) is 4.98 Å². The Balaban J connectivity index is 1.76. The van der Waals surface area contributed by atoms with Crippen molar-refractivity contribution in [2.45, 2.75) is 25.7 Å². The molecule has 0 aliphatic heterocycles. The fourth-order valence-corrected chi connectivity index (χ4v) is 4.07. The zero-order chi connectivity index (χ0) is 12.8. The van der Waals surface area contributed by atoms with Crippen molar-refractivity contribution in [3.63, 3.8) is 0 Å². The Morgan fingerprint density at radius 3 is 2.79 bits per heavy atom. The number of ketones is 1. The lowest BCUT2D eigenvalue weighted by Gasteiger charge is -2.20. The molecular formula is C17H17NO. The van der Waals surface area contributed by atoms with E-state index in [9.17, 15) is 4.79 Å². The summed E-state index contributed by atoms with van der Waals surface area (Å²) in [5.41, 5.74) is 1.70. The quantitative estimate of drug-likeness (QED) is 0.759. The summed E-state index contributed by atoms with van der Waals surface area (Å²) in [6.07, 6.45) is 6.74. The molecule has 2 nitrogen and oxygen atoms in total. The summed E-state index contributed by atoms with van der Waals surface area (Å²) in [5, 5.41) is 1.07. The van der Waals surface area contributed by atoms with Crippen LogP contribution in [0.2, 0.25) is 0 Å². The lowest BCUT2D eigenvalue weighted by atomic mass is 9.83. The molecule has 0 saturated heterocycles. The van der Waals surface area contributed by atoms with Gasteiger partial charge >= 0.3 is 0 Å². The van der Waals surface area contributed by atoms with Crippen molar-refractivity contribution in [1.82, 2.24) is 4.98 Å². The molecule has 19 heavy (non-hydrogen) atoms. The minimum absolute atomic E-state index is 0.256. The molecule has 2 aromatic rings. The number of benzene rings is 1. The molecule has 3 atom stereocenters. The summed E-state index contributed by atoms with van der Waals surface area (Å²) in [6.45, 7) is 0. The van der Waals surface area contributed by atoms with Crippen molar-refractivity contribution in [2.75, 3.05) is 0 Å². The van der Waals surface area contributed by atoms with Crippen molar-refractivity contribution in [1.29, 1.82) is 0 Å². The third-order valence-corrected chi connectivity index (χ3v) is 4.97. The van der Waals surface area contributed by atoms with E-state index in [4.69, 9.17) is 0 Å². The lowest BCUT2D eigenvalue weighted by molar-refractivity contribution is 0.0876. The number of carbonyl (C=O) groups excluding carboxylic acids is 1. The number of hydrogen-bond donors (Lipinski definition) is 0. The maximum absolute atomic E-state index is 12.8. The van der Waals surface area contributed by atoms with Crippen molar-refractivity contribution in [3.8, 4) is 0 Å². The van der Waals surface area contributed by atoms with Crippen LogP contribution in [0, 0.1) is 17.8 Å². The molecule has 0 N–H and O–H groups in total. The first-order valence-electron chi connectivity index (χ1n) is 7.21. The number of fused-ring (bicyclic) bond motifs is 3. The summed E-state index contributed by atoms with van der Waals surface area (Å²) in [4.78, 5) is 17.2. The molecule has 1 aromatic heterocycles. The van der Waals surface area contributed by atoms with Crippen LogP contribution in [-0.4, -0.2) is 10.8 Å². The number of hydrogen-bond acceptors (Lipinski definition) is 2. The number of carbonyl (C=O) groups is 1. The third-order valence-electron chi connectivity index (χ3n) is 4.97. The van der Waals surface area contributed by atoms with Gasteiger partial charge in [-0.3, -0.25) is 9.78 Å². The maximum atomic E-state index is 12.8. The van der Waals surface area contributed by atoms with Gasteiger partial charge in [-0.15, -0.1) is 0 Å². The van der Waals surface area contributed by atoms with Gasteiger partial charge in [0.25, 0.3) is 0 Å². The van der Waals surface area contributed by atoms with E-state index in [-0.39, 0.29) is 5.92 Å². The van der Waals surface area contributed by atoms with Crippen molar-refractivity contribution in [3.05, 3.63) is 42.1 Å². The van der Waals surface area contributed by atoms with Gasteiger partial charge in [0, 0.05) is 23.1 Å². The highest BCUT2D eigenvalue weighted by molar-refractivity contribution is 6.07. The molecule has 1 aromatic carbocycles. The van der Waals surface area contributed by atoms with Crippen molar-refractivity contribution >= 4 is 16.7 Å². The second kappa shape index (κ2) is 4.16. The van der Waals surface area contributed by atoms with Crippen LogP contribution in [0.25, 0.3) is 10.9 Å². The standard InChI is InChI=1S/C17H17NO/c19-17(15-10-11-6-7-13(15)9-11)14-5-1-3-12-4-2-8-18-16(12)14/h1-5,8,11,13,15H,6-7,9-10H2. The van der Waals surface area contributed by atoms with Crippen LogP contribution < -0.4 is 0 Å². The summed E-state index contributed by atoms with van der Waals surface area (Å²) in [5.74, 6) is 2.03. The van der Waals surface area contributed by atoms with Crippen LogP contribution in [-0.2, 0) is 0 Å². The van der Waals surface area contributed by atoms with Gasteiger partial charge in [-0.2, -0.15) is 0 Å². The van der Waals surface area contributed by atoms with Gasteiger partial charge in [0.05, 0.1) is 5.52 Å². The van der Waals surface area contributed by atoms with E-state index in [1.54, 1.807) is 6.20 Å². The van der Waals surface area contributed by atoms with Crippen molar-refractivity contribution < 1.29 is 4.79 Å². The van der Waals surface area contributed by atoms with Crippen LogP contribution in [0.3, 0.4) is 0 Å². The molecule has 2 heteroatoms. The predicted octanol–water partition coefficient (Wildman–Crippen LogP) is 3.85. The minimum Gasteiger partial charge on any atom is -0.294 e.